The second-order valence-corrected chi connectivity index (χ2v) is 6.72. The molecular formula is C20H20N4O4. The molecule has 1 unspecified atom stereocenters. The fourth-order valence-corrected chi connectivity index (χ4v) is 3.38. The molecule has 144 valence electrons. The van der Waals surface area contributed by atoms with Crippen LogP contribution < -0.4 is 10.9 Å². The Balaban J connectivity index is 1.44. The van der Waals surface area contributed by atoms with Gasteiger partial charge in [-0.2, -0.15) is 0 Å². The number of carbonyl (C=O) groups is 2. The number of hydrogen-bond acceptors (Lipinski definition) is 4. The number of aromatic nitrogens is 2. The second kappa shape index (κ2) is 7.59. The number of nitrogens with zero attached hydrogens (tertiary/aromatic N) is 2. The standard InChI is InChI=1S/C20H20N4O4/c25-18-12-16(22-24(18)15-7-2-1-3-8-15)19(26)21-14-6-4-10-23(13-14)20(27)17-9-5-11-28-17/h1-3,5,7-9,11-12,14,22H,4,6,10,13H2,(H,21,26). The van der Waals surface area contributed by atoms with Crippen LogP contribution in [0.2, 0.25) is 0 Å². The highest BCUT2D eigenvalue weighted by atomic mass is 16.3. The summed E-state index contributed by atoms with van der Waals surface area (Å²) in [6, 6.07) is 13.4. The maximum atomic E-state index is 12.6. The first kappa shape index (κ1) is 17.8. The molecule has 0 radical (unpaired) electrons. The molecule has 3 heterocycles. The molecule has 8 nitrogen and oxygen atoms in total. The number of furan rings is 1. The molecule has 0 aliphatic carbocycles. The van der Waals surface area contributed by atoms with Gasteiger partial charge in [0.1, 0.15) is 5.69 Å². The van der Waals surface area contributed by atoms with E-state index in [9.17, 15) is 14.4 Å². The lowest BCUT2D eigenvalue weighted by molar-refractivity contribution is 0.0646. The van der Waals surface area contributed by atoms with Crippen LogP contribution in [0.25, 0.3) is 5.69 Å². The van der Waals surface area contributed by atoms with Gasteiger partial charge in [0.2, 0.25) is 0 Å². The molecule has 1 aliphatic rings. The van der Waals surface area contributed by atoms with Gasteiger partial charge in [0.05, 0.1) is 12.0 Å². The summed E-state index contributed by atoms with van der Waals surface area (Å²) in [5, 5.41) is 5.75. The average Bonchev–Trinajstić information content (AvgIpc) is 3.38. The van der Waals surface area contributed by atoms with Crippen molar-refractivity contribution < 1.29 is 14.0 Å². The van der Waals surface area contributed by atoms with E-state index in [-0.39, 0.29) is 34.9 Å². The Bertz CT molecular complexity index is 1020. The molecule has 2 amide bonds. The first-order valence-corrected chi connectivity index (χ1v) is 9.13. The predicted octanol–water partition coefficient (Wildman–Crippen LogP) is 1.79. The average molecular weight is 380 g/mol. The van der Waals surface area contributed by atoms with Crippen molar-refractivity contribution in [1.29, 1.82) is 0 Å². The van der Waals surface area contributed by atoms with Gasteiger partial charge < -0.3 is 14.6 Å². The molecule has 2 N–H and O–H groups in total. The zero-order valence-electron chi connectivity index (χ0n) is 15.1. The Morgan fingerprint density at radius 1 is 1.14 bits per heavy atom. The number of carbonyl (C=O) groups excluding carboxylic acids is 2. The number of aromatic amines is 1. The van der Waals surface area contributed by atoms with Gasteiger partial charge in [0, 0.05) is 25.2 Å². The van der Waals surface area contributed by atoms with Crippen LogP contribution >= 0.6 is 0 Å². The van der Waals surface area contributed by atoms with Crippen molar-refractivity contribution in [2.75, 3.05) is 13.1 Å². The molecule has 0 saturated carbocycles. The monoisotopic (exact) mass is 380 g/mol. The van der Waals surface area contributed by atoms with Gasteiger partial charge in [-0.1, -0.05) is 18.2 Å². The number of likely N-dealkylation sites (tertiary alicyclic amines) is 1. The Morgan fingerprint density at radius 3 is 2.71 bits per heavy atom. The maximum absolute atomic E-state index is 12.6. The van der Waals surface area contributed by atoms with Crippen molar-refractivity contribution in [1.82, 2.24) is 20.0 Å². The van der Waals surface area contributed by atoms with Crippen molar-refractivity contribution in [3.05, 3.63) is 76.6 Å². The lowest BCUT2D eigenvalue weighted by atomic mass is 10.1. The van der Waals surface area contributed by atoms with E-state index < -0.39 is 0 Å². The largest absolute Gasteiger partial charge is 0.459 e. The van der Waals surface area contributed by atoms with Crippen LogP contribution in [0.4, 0.5) is 0 Å². The lowest BCUT2D eigenvalue weighted by Crippen LogP contribution is -2.49. The van der Waals surface area contributed by atoms with E-state index in [1.54, 1.807) is 29.2 Å². The number of rotatable bonds is 4. The molecule has 0 spiro atoms. The molecular weight excluding hydrogens is 360 g/mol. The number of H-pyrrole nitrogens is 1. The summed E-state index contributed by atoms with van der Waals surface area (Å²) in [4.78, 5) is 38.9. The topological polar surface area (TPSA) is 100 Å². The molecule has 1 fully saturated rings. The third-order valence-corrected chi connectivity index (χ3v) is 4.76. The SMILES string of the molecule is O=C(NC1CCCN(C(=O)c2ccco2)C1)c1cc(=O)n(-c2ccccc2)[nH]1. The maximum Gasteiger partial charge on any atom is 0.289 e. The highest BCUT2D eigenvalue weighted by Gasteiger charge is 2.27. The molecule has 8 heteroatoms. The fourth-order valence-electron chi connectivity index (χ4n) is 3.38. The molecule has 3 aromatic rings. The molecule has 1 atom stereocenters. The third kappa shape index (κ3) is 3.62. The smallest absolute Gasteiger partial charge is 0.289 e. The van der Waals surface area contributed by atoms with Gasteiger partial charge in [0.15, 0.2) is 5.76 Å². The number of nitrogens with one attached hydrogen (secondary N) is 2. The van der Waals surface area contributed by atoms with Crippen molar-refractivity contribution in [3.63, 3.8) is 0 Å². The van der Waals surface area contributed by atoms with E-state index in [4.69, 9.17) is 4.42 Å². The van der Waals surface area contributed by atoms with Crippen molar-refractivity contribution in [2.45, 2.75) is 18.9 Å². The first-order valence-electron chi connectivity index (χ1n) is 9.13. The zero-order chi connectivity index (χ0) is 19.5. The van der Waals surface area contributed by atoms with Gasteiger partial charge >= 0.3 is 0 Å². The Kier molecular flexibility index (Phi) is 4.84. The number of hydrogen-bond donors (Lipinski definition) is 2. The van der Waals surface area contributed by atoms with E-state index in [2.05, 4.69) is 10.4 Å². The van der Waals surface area contributed by atoms with Crippen LogP contribution in [0.3, 0.4) is 0 Å². The van der Waals surface area contributed by atoms with E-state index in [0.717, 1.165) is 12.8 Å². The minimum atomic E-state index is -0.371. The summed E-state index contributed by atoms with van der Waals surface area (Å²) >= 11 is 0. The normalized spacial score (nSPS) is 16.7. The van der Waals surface area contributed by atoms with Gasteiger partial charge in [0.25, 0.3) is 17.4 Å². The predicted molar refractivity (Wildman–Crippen MR) is 101 cm³/mol. The first-order chi connectivity index (χ1) is 13.6. The number of amides is 2. The minimum Gasteiger partial charge on any atom is -0.459 e. The number of piperidine rings is 1. The summed E-state index contributed by atoms with van der Waals surface area (Å²) in [6.45, 7) is 1.02. The number of benzene rings is 1. The zero-order valence-corrected chi connectivity index (χ0v) is 15.1. The Labute approximate surface area is 160 Å². The van der Waals surface area contributed by atoms with E-state index in [1.165, 1.54) is 17.0 Å². The van der Waals surface area contributed by atoms with Gasteiger partial charge in [-0.15, -0.1) is 0 Å². The molecule has 2 aromatic heterocycles. The summed E-state index contributed by atoms with van der Waals surface area (Å²) in [6.07, 6.45) is 3.00. The molecule has 28 heavy (non-hydrogen) atoms. The van der Waals surface area contributed by atoms with Crippen LogP contribution in [-0.4, -0.2) is 45.6 Å². The van der Waals surface area contributed by atoms with E-state index in [0.29, 0.717) is 18.8 Å². The molecule has 0 bridgehead atoms. The molecule has 4 rings (SSSR count). The highest BCUT2D eigenvalue weighted by Crippen LogP contribution is 2.15. The third-order valence-electron chi connectivity index (χ3n) is 4.76. The minimum absolute atomic E-state index is 0.184. The highest BCUT2D eigenvalue weighted by molar-refractivity contribution is 5.93. The van der Waals surface area contributed by atoms with Crippen LogP contribution in [0, 0.1) is 0 Å². The van der Waals surface area contributed by atoms with Crippen LogP contribution in [0.15, 0.2) is 64.0 Å². The molecule has 1 aliphatic heterocycles. The van der Waals surface area contributed by atoms with Gasteiger partial charge in [-0.25, -0.2) is 4.68 Å². The molecule has 1 aromatic carbocycles. The van der Waals surface area contributed by atoms with Crippen molar-refractivity contribution in [2.24, 2.45) is 0 Å². The van der Waals surface area contributed by atoms with Gasteiger partial charge in [-0.05, 0) is 37.1 Å². The summed E-state index contributed by atoms with van der Waals surface area (Å²) in [7, 11) is 0. The van der Waals surface area contributed by atoms with Crippen molar-refractivity contribution >= 4 is 11.8 Å². The van der Waals surface area contributed by atoms with Gasteiger partial charge in [-0.3, -0.25) is 19.5 Å². The van der Waals surface area contributed by atoms with Crippen molar-refractivity contribution in [3.8, 4) is 5.69 Å². The fraction of sp³-hybridized carbons (Fsp3) is 0.250. The Morgan fingerprint density at radius 2 is 1.96 bits per heavy atom. The number of para-hydroxylation sites is 1. The molecule has 1 saturated heterocycles. The Hall–Kier alpha value is -3.55. The second-order valence-electron chi connectivity index (χ2n) is 6.72. The summed E-state index contributed by atoms with van der Waals surface area (Å²) in [5.74, 6) is -0.270. The van der Waals surface area contributed by atoms with E-state index >= 15 is 0 Å². The quantitative estimate of drug-likeness (QED) is 0.721. The van der Waals surface area contributed by atoms with E-state index in [1.807, 2.05) is 18.2 Å². The van der Waals surface area contributed by atoms with Crippen LogP contribution in [0.5, 0.6) is 0 Å². The van der Waals surface area contributed by atoms with Crippen LogP contribution in [0.1, 0.15) is 33.9 Å². The lowest BCUT2D eigenvalue weighted by Gasteiger charge is -2.32. The summed E-state index contributed by atoms with van der Waals surface area (Å²) in [5.41, 5.74) is 0.525. The summed E-state index contributed by atoms with van der Waals surface area (Å²) < 4.78 is 6.49. The van der Waals surface area contributed by atoms with Crippen LogP contribution in [-0.2, 0) is 0 Å².